The molecule has 1 heterocycles. The fourth-order valence-electron chi connectivity index (χ4n) is 2.59. The van der Waals surface area contributed by atoms with E-state index in [1.807, 2.05) is 18.2 Å². The summed E-state index contributed by atoms with van der Waals surface area (Å²) in [5.74, 6) is 1.73. The molecular weight excluding hydrogens is 322 g/mol. The van der Waals surface area contributed by atoms with Crippen LogP contribution in [-0.2, 0) is 11.2 Å². The van der Waals surface area contributed by atoms with E-state index in [2.05, 4.69) is 5.32 Å². The van der Waals surface area contributed by atoms with E-state index in [1.165, 1.54) is 0 Å². The number of hydrogen-bond donors (Lipinski definition) is 1. The minimum absolute atomic E-state index is 0.172. The molecular formula is C19H19NO5. The number of carbonyl (C=O) groups excluding carboxylic acids is 1. The van der Waals surface area contributed by atoms with Crippen molar-refractivity contribution < 1.29 is 23.4 Å². The number of ether oxygens (including phenoxy) is 3. The zero-order chi connectivity index (χ0) is 17.8. The zero-order valence-electron chi connectivity index (χ0n) is 14.3. The Morgan fingerprint density at radius 3 is 2.44 bits per heavy atom. The number of rotatable bonds is 6. The molecule has 0 unspecified atom stereocenters. The van der Waals surface area contributed by atoms with Crippen molar-refractivity contribution in [2.45, 2.75) is 6.42 Å². The van der Waals surface area contributed by atoms with Gasteiger partial charge < -0.3 is 23.9 Å². The maximum atomic E-state index is 12.4. The number of anilines is 1. The second-order valence-corrected chi connectivity index (χ2v) is 5.41. The smallest absolute Gasteiger partial charge is 0.229 e. The Morgan fingerprint density at radius 1 is 1.00 bits per heavy atom. The molecule has 2 aromatic carbocycles. The van der Waals surface area contributed by atoms with Crippen LogP contribution in [0.2, 0.25) is 0 Å². The Balaban J connectivity index is 1.79. The highest BCUT2D eigenvalue weighted by Gasteiger charge is 2.13. The summed E-state index contributed by atoms with van der Waals surface area (Å²) in [5.41, 5.74) is 2.09. The van der Waals surface area contributed by atoms with Gasteiger partial charge in [-0.1, -0.05) is 0 Å². The molecule has 0 bridgehead atoms. The van der Waals surface area contributed by atoms with Crippen LogP contribution in [0.5, 0.6) is 17.2 Å². The number of benzene rings is 2. The summed E-state index contributed by atoms with van der Waals surface area (Å²) in [6.07, 6.45) is 1.77. The van der Waals surface area contributed by atoms with E-state index in [0.29, 0.717) is 28.5 Å². The van der Waals surface area contributed by atoms with E-state index in [0.717, 1.165) is 10.9 Å². The number of nitrogens with one attached hydrogen (secondary N) is 1. The van der Waals surface area contributed by atoms with Gasteiger partial charge in [0.25, 0.3) is 0 Å². The van der Waals surface area contributed by atoms with Gasteiger partial charge in [-0.3, -0.25) is 4.79 Å². The second-order valence-electron chi connectivity index (χ2n) is 5.41. The molecule has 3 aromatic rings. The van der Waals surface area contributed by atoms with Gasteiger partial charge in [0, 0.05) is 17.0 Å². The van der Waals surface area contributed by atoms with Crippen molar-refractivity contribution in [3.63, 3.8) is 0 Å². The van der Waals surface area contributed by atoms with Crippen molar-refractivity contribution in [3.05, 3.63) is 48.2 Å². The average molecular weight is 341 g/mol. The molecule has 0 aliphatic carbocycles. The molecule has 1 aromatic heterocycles. The van der Waals surface area contributed by atoms with Crippen LogP contribution in [0.3, 0.4) is 0 Å². The minimum Gasteiger partial charge on any atom is -0.497 e. The number of fused-ring (bicyclic) bond motifs is 1. The highest BCUT2D eigenvalue weighted by atomic mass is 16.5. The Morgan fingerprint density at radius 2 is 1.72 bits per heavy atom. The molecule has 1 amide bonds. The van der Waals surface area contributed by atoms with Gasteiger partial charge in [-0.25, -0.2) is 0 Å². The van der Waals surface area contributed by atoms with E-state index in [-0.39, 0.29) is 12.3 Å². The molecule has 25 heavy (non-hydrogen) atoms. The van der Waals surface area contributed by atoms with Gasteiger partial charge >= 0.3 is 0 Å². The van der Waals surface area contributed by atoms with Crippen molar-refractivity contribution in [1.82, 2.24) is 0 Å². The van der Waals surface area contributed by atoms with Crippen LogP contribution >= 0.6 is 0 Å². The first-order valence-corrected chi connectivity index (χ1v) is 7.70. The molecule has 6 nitrogen and oxygen atoms in total. The number of methoxy groups -OCH3 is 3. The van der Waals surface area contributed by atoms with Crippen molar-refractivity contribution in [3.8, 4) is 17.2 Å². The molecule has 0 atom stereocenters. The SMILES string of the molecule is COc1ccc(NC(=O)Cc2coc3ccc(OC)cc23)c(OC)c1. The summed E-state index contributed by atoms with van der Waals surface area (Å²) in [7, 11) is 4.72. The molecule has 0 saturated carbocycles. The molecule has 3 rings (SSSR count). The Kier molecular flexibility index (Phi) is 4.79. The lowest BCUT2D eigenvalue weighted by Gasteiger charge is -2.11. The number of amides is 1. The third kappa shape index (κ3) is 3.52. The van der Waals surface area contributed by atoms with Crippen LogP contribution in [-0.4, -0.2) is 27.2 Å². The Hall–Kier alpha value is -3.15. The standard InChI is InChI=1S/C19H19NO5/c1-22-13-5-7-17-15(9-13)12(11-25-17)8-19(21)20-16-6-4-14(23-2)10-18(16)24-3/h4-7,9-11H,8H2,1-3H3,(H,20,21). The molecule has 0 aliphatic heterocycles. The van der Waals surface area contributed by atoms with Gasteiger partial charge in [0.05, 0.1) is 39.7 Å². The van der Waals surface area contributed by atoms with E-state index in [4.69, 9.17) is 18.6 Å². The normalized spacial score (nSPS) is 10.5. The predicted octanol–water partition coefficient (Wildman–Crippen LogP) is 3.64. The van der Waals surface area contributed by atoms with Gasteiger partial charge in [0.15, 0.2) is 0 Å². The maximum absolute atomic E-state index is 12.4. The quantitative estimate of drug-likeness (QED) is 0.741. The molecule has 0 saturated heterocycles. The van der Waals surface area contributed by atoms with Crippen molar-refractivity contribution >= 4 is 22.6 Å². The lowest BCUT2D eigenvalue weighted by atomic mass is 10.1. The highest BCUT2D eigenvalue weighted by molar-refractivity contribution is 5.96. The summed E-state index contributed by atoms with van der Waals surface area (Å²) in [6.45, 7) is 0. The van der Waals surface area contributed by atoms with Crippen LogP contribution < -0.4 is 19.5 Å². The summed E-state index contributed by atoms with van der Waals surface area (Å²) in [6, 6.07) is 10.7. The molecule has 1 N–H and O–H groups in total. The second kappa shape index (κ2) is 7.17. The third-order valence-electron chi connectivity index (χ3n) is 3.89. The molecule has 0 radical (unpaired) electrons. The van der Waals surface area contributed by atoms with E-state index in [9.17, 15) is 4.79 Å². The first-order chi connectivity index (χ1) is 12.1. The minimum atomic E-state index is -0.172. The largest absolute Gasteiger partial charge is 0.497 e. The zero-order valence-corrected chi connectivity index (χ0v) is 14.3. The first-order valence-electron chi connectivity index (χ1n) is 7.70. The van der Waals surface area contributed by atoms with E-state index >= 15 is 0 Å². The molecule has 0 aliphatic rings. The monoisotopic (exact) mass is 341 g/mol. The predicted molar refractivity (Wildman–Crippen MR) is 94.6 cm³/mol. The van der Waals surface area contributed by atoms with Crippen molar-refractivity contribution in [1.29, 1.82) is 0 Å². The molecule has 0 spiro atoms. The summed E-state index contributed by atoms with van der Waals surface area (Å²) in [4.78, 5) is 12.4. The highest BCUT2D eigenvalue weighted by Crippen LogP contribution is 2.30. The number of furan rings is 1. The van der Waals surface area contributed by atoms with Crippen LogP contribution in [0.4, 0.5) is 5.69 Å². The van der Waals surface area contributed by atoms with Crippen LogP contribution in [0, 0.1) is 0 Å². The number of hydrogen-bond acceptors (Lipinski definition) is 5. The molecule has 6 heteroatoms. The van der Waals surface area contributed by atoms with Gasteiger partial charge in [-0.2, -0.15) is 0 Å². The summed E-state index contributed by atoms with van der Waals surface area (Å²) in [5, 5.41) is 3.71. The van der Waals surface area contributed by atoms with Crippen LogP contribution in [0.1, 0.15) is 5.56 Å². The van der Waals surface area contributed by atoms with E-state index < -0.39 is 0 Å². The van der Waals surface area contributed by atoms with Gasteiger partial charge in [0.2, 0.25) is 5.91 Å². The lowest BCUT2D eigenvalue weighted by molar-refractivity contribution is -0.115. The summed E-state index contributed by atoms with van der Waals surface area (Å²) >= 11 is 0. The van der Waals surface area contributed by atoms with Gasteiger partial charge in [-0.15, -0.1) is 0 Å². The summed E-state index contributed by atoms with van der Waals surface area (Å²) < 4.78 is 21.2. The van der Waals surface area contributed by atoms with Gasteiger partial charge in [-0.05, 0) is 30.3 Å². The molecule has 0 fully saturated rings. The lowest BCUT2D eigenvalue weighted by Crippen LogP contribution is -2.14. The fourth-order valence-corrected chi connectivity index (χ4v) is 2.59. The van der Waals surface area contributed by atoms with Crippen LogP contribution in [0.25, 0.3) is 11.0 Å². The Labute approximate surface area is 145 Å². The van der Waals surface area contributed by atoms with Crippen LogP contribution in [0.15, 0.2) is 47.1 Å². The number of carbonyl (C=O) groups is 1. The topological polar surface area (TPSA) is 69.9 Å². The van der Waals surface area contributed by atoms with Gasteiger partial charge in [0.1, 0.15) is 22.8 Å². The maximum Gasteiger partial charge on any atom is 0.229 e. The van der Waals surface area contributed by atoms with E-state index in [1.54, 1.807) is 45.8 Å². The Bertz CT molecular complexity index is 900. The first kappa shape index (κ1) is 16.7. The third-order valence-corrected chi connectivity index (χ3v) is 3.89. The van der Waals surface area contributed by atoms with Crippen molar-refractivity contribution in [2.75, 3.05) is 26.6 Å². The van der Waals surface area contributed by atoms with Crippen molar-refractivity contribution in [2.24, 2.45) is 0 Å². The average Bonchev–Trinajstić information content (AvgIpc) is 3.03. The fraction of sp³-hybridized carbons (Fsp3) is 0.211. The molecule has 130 valence electrons.